The van der Waals surface area contributed by atoms with Crippen molar-refractivity contribution in [3.8, 4) is 0 Å². The molecule has 1 fully saturated rings. The Bertz CT molecular complexity index is 191. The van der Waals surface area contributed by atoms with Gasteiger partial charge in [-0.25, -0.2) is 0 Å². The minimum atomic E-state index is -0.0165. The first kappa shape index (κ1) is 10.8. The molecule has 0 amide bonds. The predicted octanol–water partition coefficient (Wildman–Crippen LogP) is 3.25. The van der Waals surface area contributed by atoms with Crippen molar-refractivity contribution in [2.75, 3.05) is 0 Å². The van der Waals surface area contributed by atoms with Crippen LogP contribution in [0.1, 0.15) is 52.9 Å². The minimum Gasteiger partial charge on any atom is -0.322 e. The van der Waals surface area contributed by atoms with Gasteiger partial charge in [-0.2, -0.15) is 0 Å². The highest BCUT2D eigenvalue weighted by atomic mass is 14.7. The van der Waals surface area contributed by atoms with E-state index in [1.807, 2.05) is 0 Å². The van der Waals surface area contributed by atoms with E-state index in [1.54, 1.807) is 0 Å². The second-order valence-corrected chi connectivity index (χ2v) is 4.45. The van der Waals surface area contributed by atoms with Gasteiger partial charge < -0.3 is 5.73 Å². The SMILES string of the molecule is CCCC(N)(CC)/C(C)=C\C1CC1. The first-order valence-corrected chi connectivity index (χ1v) is 5.60. The molecular formula is C12H23N. The van der Waals surface area contributed by atoms with Gasteiger partial charge in [0.15, 0.2) is 0 Å². The number of rotatable bonds is 5. The molecule has 76 valence electrons. The monoisotopic (exact) mass is 181 g/mol. The fourth-order valence-electron chi connectivity index (χ4n) is 1.88. The molecule has 2 N–H and O–H groups in total. The summed E-state index contributed by atoms with van der Waals surface area (Å²) < 4.78 is 0. The normalized spacial score (nSPS) is 22.9. The average molecular weight is 181 g/mol. The minimum absolute atomic E-state index is 0.0165. The highest BCUT2D eigenvalue weighted by Gasteiger charge is 2.26. The Morgan fingerprint density at radius 2 is 2.08 bits per heavy atom. The van der Waals surface area contributed by atoms with Gasteiger partial charge in [-0.15, -0.1) is 0 Å². The topological polar surface area (TPSA) is 26.0 Å². The van der Waals surface area contributed by atoms with Gasteiger partial charge in [0.05, 0.1) is 0 Å². The van der Waals surface area contributed by atoms with E-state index in [0.717, 1.165) is 18.8 Å². The van der Waals surface area contributed by atoms with Crippen LogP contribution >= 0.6 is 0 Å². The fraction of sp³-hybridized carbons (Fsp3) is 0.833. The molecule has 1 atom stereocenters. The second-order valence-electron chi connectivity index (χ2n) is 4.45. The van der Waals surface area contributed by atoms with E-state index in [0.29, 0.717) is 0 Å². The largest absolute Gasteiger partial charge is 0.322 e. The lowest BCUT2D eigenvalue weighted by atomic mass is 9.84. The molecule has 0 spiro atoms. The molecule has 1 saturated carbocycles. The van der Waals surface area contributed by atoms with Crippen LogP contribution in [0.5, 0.6) is 0 Å². The second kappa shape index (κ2) is 4.28. The number of hydrogen-bond acceptors (Lipinski definition) is 1. The van der Waals surface area contributed by atoms with E-state index >= 15 is 0 Å². The van der Waals surface area contributed by atoms with Gasteiger partial charge in [-0.3, -0.25) is 0 Å². The molecule has 0 aromatic heterocycles. The molecule has 0 saturated heterocycles. The van der Waals surface area contributed by atoms with Gasteiger partial charge in [0.1, 0.15) is 0 Å². The Labute approximate surface area is 82.4 Å². The summed E-state index contributed by atoms with van der Waals surface area (Å²) in [6, 6.07) is 0. The number of hydrogen-bond donors (Lipinski definition) is 1. The van der Waals surface area contributed by atoms with Crippen molar-refractivity contribution >= 4 is 0 Å². The van der Waals surface area contributed by atoms with Crippen molar-refractivity contribution in [1.29, 1.82) is 0 Å². The van der Waals surface area contributed by atoms with Crippen molar-refractivity contribution in [1.82, 2.24) is 0 Å². The summed E-state index contributed by atoms with van der Waals surface area (Å²) in [6.45, 7) is 6.61. The third-order valence-corrected chi connectivity index (χ3v) is 3.22. The summed E-state index contributed by atoms with van der Waals surface area (Å²) in [4.78, 5) is 0. The smallest absolute Gasteiger partial charge is 0.0363 e. The molecule has 1 nitrogen and oxygen atoms in total. The zero-order valence-electron chi connectivity index (χ0n) is 9.27. The van der Waals surface area contributed by atoms with E-state index in [4.69, 9.17) is 5.73 Å². The maximum absolute atomic E-state index is 6.36. The van der Waals surface area contributed by atoms with Crippen LogP contribution in [-0.4, -0.2) is 5.54 Å². The van der Waals surface area contributed by atoms with Crippen LogP contribution in [0.15, 0.2) is 11.6 Å². The van der Waals surface area contributed by atoms with Gasteiger partial charge in [-0.1, -0.05) is 31.9 Å². The quantitative estimate of drug-likeness (QED) is 0.647. The Hall–Kier alpha value is -0.300. The van der Waals surface area contributed by atoms with Crippen molar-refractivity contribution in [2.24, 2.45) is 11.7 Å². The number of allylic oxidation sites excluding steroid dienone is 1. The first-order valence-electron chi connectivity index (χ1n) is 5.60. The van der Waals surface area contributed by atoms with Crippen molar-refractivity contribution in [2.45, 2.75) is 58.4 Å². The van der Waals surface area contributed by atoms with Crippen molar-refractivity contribution < 1.29 is 0 Å². The van der Waals surface area contributed by atoms with Crippen LogP contribution in [-0.2, 0) is 0 Å². The summed E-state index contributed by atoms with van der Waals surface area (Å²) in [7, 11) is 0. The Morgan fingerprint density at radius 3 is 2.46 bits per heavy atom. The van der Waals surface area contributed by atoms with Crippen molar-refractivity contribution in [3.05, 3.63) is 11.6 Å². The summed E-state index contributed by atoms with van der Waals surface area (Å²) in [5, 5.41) is 0. The maximum Gasteiger partial charge on any atom is 0.0363 e. The molecule has 1 unspecified atom stereocenters. The summed E-state index contributed by atoms with van der Waals surface area (Å²) in [5.41, 5.74) is 7.76. The molecule has 13 heavy (non-hydrogen) atoms. The molecule has 1 aliphatic carbocycles. The van der Waals surface area contributed by atoms with Crippen LogP contribution in [0.25, 0.3) is 0 Å². The van der Waals surface area contributed by atoms with Gasteiger partial charge >= 0.3 is 0 Å². The maximum atomic E-state index is 6.36. The predicted molar refractivity (Wildman–Crippen MR) is 58.6 cm³/mol. The molecular weight excluding hydrogens is 158 g/mol. The highest BCUT2D eigenvalue weighted by Crippen LogP contribution is 2.34. The highest BCUT2D eigenvalue weighted by molar-refractivity contribution is 5.19. The zero-order valence-corrected chi connectivity index (χ0v) is 9.27. The van der Waals surface area contributed by atoms with Gasteiger partial charge in [-0.05, 0) is 38.5 Å². The lowest BCUT2D eigenvalue weighted by Gasteiger charge is -2.29. The molecule has 1 heteroatoms. The molecule has 0 heterocycles. The van der Waals surface area contributed by atoms with Gasteiger partial charge in [0, 0.05) is 5.54 Å². The summed E-state index contributed by atoms with van der Waals surface area (Å²) in [5.74, 6) is 0.853. The third-order valence-electron chi connectivity index (χ3n) is 3.22. The van der Waals surface area contributed by atoms with Crippen LogP contribution in [0.2, 0.25) is 0 Å². The summed E-state index contributed by atoms with van der Waals surface area (Å²) >= 11 is 0. The Kier molecular flexibility index (Phi) is 3.55. The first-order chi connectivity index (χ1) is 6.12. The molecule has 0 bridgehead atoms. The van der Waals surface area contributed by atoms with E-state index < -0.39 is 0 Å². The molecule has 0 radical (unpaired) electrons. The molecule has 1 rings (SSSR count). The standard InChI is InChI=1S/C12H23N/c1-4-8-12(13,5-2)10(3)9-11-6-7-11/h9,11H,4-8,13H2,1-3H3/b10-9-. The Balaban J connectivity index is 2.61. The fourth-order valence-corrected chi connectivity index (χ4v) is 1.88. The van der Waals surface area contributed by atoms with Crippen LogP contribution in [0.4, 0.5) is 0 Å². The lowest BCUT2D eigenvalue weighted by Crippen LogP contribution is -2.40. The molecule has 0 aromatic carbocycles. The molecule has 0 aromatic rings. The van der Waals surface area contributed by atoms with E-state index in [9.17, 15) is 0 Å². The van der Waals surface area contributed by atoms with E-state index in [-0.39, 0.29) is 5.54 Å². The van der Waals surface area contributed by atoms with E-state index in [1.165, 1.54) is 24.8 Å². The third kappa shape index (κ3) is 2.84. The van der Waals surface area contributed by atoms with Crippen LogP contribution in [0, 0.1) is 5.92 Å². The average Bonchev–Trinajstić information content (AvgIpc) is 2.88. The zero-order chi connectivity index (χ0) is 9.90. The van der Waals surface area contributed by atoms with Gasteiger partial charge in [0.2, 0.25) is 0 Å². The summed E-state index contributed by atoms with van der Waals surface area (Å²) in [6.07, 6.45) is 8.53. The Morgan fingerprint density at radius 1 is 1.46 bits per heavy atom. The van der Waals surface area contributed by atoms with Crippen molar-refractivity contribution in [3.63, 3.8) is 0 Å². The molecule has 1 aliphatic rings. The molecule has 0 aliphatic heterocycles. The van der Waals surface area contributed by atoms with Crippen LogP contribution in [0.3, 0.4) is 0 Å². The van der Waals surface area contributed by atoms with Gasteiger partial charge in [0.25, 0.3) is 0 Å². The van der Waals surface area contributed by atoms with Crippen LogP contribution < -0.4 is 5.73 Å². The number of nitrogens with two attached hydrogens (primary N) is 1. The lowest BCUT2D eigenvalue weighted by molar-refractivity contribution is 0.437. The van der Waals surface area contributed by atoms with E-state index in [2.05, 4.69) is 26.8 Å².